The number of nitrogens with two attached hydrogens (primary N) is 1. The molecule has 0 radical (unpaired) electrons. The van der Waals surface area contributed by atoms with Crippen LogP contribution >= 0.6 is 0 Å². The van der Waals surface area contributed by atoms with E-state index in [0.29, 0.717) is 25.1 Å². The maximum absolute atomic E-state index is 13.3. The number of unbranched alkanes of at least 4 members (excludes halogenated alkanes) is 2. The Morgan fingerprint density at radius 2 is 2.11 bits per heavy atom. The summed E-state index contributed by atoms with van der Waals surface area (Å²) in [6.07, 6.45) is 0.815. The van der Waals surface area contributed by atoms with E-state index in [1.165, 1.54) is 4.90 Å². The standard InChI is InChI=1S/C19H25FN4O3/c20-15-10-16(11-21)24(12-15)18(25)8-2-1-5-9-23-19(26)27-13-14-6-3-4-7-17(14)22/h3-4,6-7,15-16H,1-2,5,8-10,12-13,22H2,(H,23,26)/t15-,16-/m0/s1. The van der Waals surface area contributed by atoms with Crippen molar-refractivity contribution in [3.8, 4) is 6.07 Å². The lowest BCUT2D eigenvalue weighted by atomic mass is 10.1. The summed E-state index contributed by atoms with van der Waals surface area (Å²) in [5.74, 6) is -0.186. The molecule has 1 aromatic rings. The SMILES string of the molecule is N#C[C@@H]1C[C@H](F)CN1C(=O)CCCCCNC(=O)OCc1ccccc1N. The third-order valence-corrected chi connectivity index (χ3v) is 4.47. The van der Waals surface area contributed by atoms with Gasteiger partial charge in [0.05, 0.1) is 12.6 Å². The molecule has 1 fully saturated rings. The highest BCUT2D eigenvalue weighted by Gasteiger charge is 2.34. The number of carbonyl (C=O) groups is 2. The third-order valence-electron chi connectivity index (χ3n) is 4.47. The molecular weight excluding hydrogens is 351 g/mol. The van der Waals surface area contributed by atoms with Crippen LogP contribution in [0.15, 0.2) is 24.3 Å². The van der Waals surface area contributed by atoms with Crippen LogP contribution in [0.5, 0.6) is 0 Å². The molecule has 1 aliphatic heterocycles. The van der Waals surface area contributed by atoms with Gasteiger partial charge in [-0.3, -0.25) is 4.79 Å². The smallest absolute Gasteiger partial charge is 0.407 e. The van der Waals surface area contributed by atoms with Crippen molar-refractivity contribution >= 4 is 17.7 Å². The fourth-order valence-corrected chi connectivity index (χ4v) is 2.95. The molecule has 0 bridgehead atoms. The highest BCUT2D eigenvalue weighted by molar-refractivity contribution is 5.77. The molecular formula is C19H25FN4O3. The molecule has 1 aromatic carbocycles. The Balaban J connectivity index is 1.54. The summed E-state index contributed by atoms with van der Waals surface area (Å²) in [4.78, 5) is 25.0. The van der Waals surface area contributed by atoms with Crippen LogP contribution in [0.3, 0.4) is 0 Å². The molecule has 0 aliphatic carbocycles. The van der Waals surface area contributed by atoms with Gasteiger partial charge in [0.1, 0.15) is 18.8 Å². The number of hydrogen-bond acceptors (Lipinski definition) is 5. The van der Waals surface area contributed by atoms with Gasteiger partial charge in [-0.05, 0) is 18.9 Å². The number of alkyl halides is 1. The molecule has 0 spiro atoms. The van der Waals surface area contributed by atoms with Gasteiger partial charge >= 0.3 is 6.09 Å². The Labute approximate surface area is 158 Å². The number of para-hydroxylation sites is 1. The van der Waals surface area contributed by atoms with Crippen molar-refractivity contribution in [2.24, 2.45) is 0 Å². The van der Waals surface area contributed by atoms with E-state index in [9.17, 15) is 14.0 Å². The minimum absolute atomic E-state index is 0.0103. The minimum atomic E-state index is -1.11. The highest BCUT2D eigenvalue weighted by Crippen LogP contribution is 2.21. The second-order valence-electron chi connectivity index (χ2n) is 6.54. The van der Waals surface area contributed by atoms with Crippen molar-refractivity contribution in [3.63, 3.8) is 0 Å². The number of nitrogens with zero attached hydrogens (tertiary/aromatic N) is 2. The van der Waals surface area contributed by atoms with Crippen LogP contribution in [0.25, 0.3) is 0 Å². The van der Waals surface area contributed by atoms with Crippen molar-refractivity contribution in [3.05, 3.63) is 29.8 Å². The number of benzene rings is 1. The van der Waals surface area contributed by atoms with Crippen LogP contribution in [0.1, 0.15) is 37.7 Å². The molecule has 0 saturated carbocycles. The maximum Gasteiger partial charge on any atom is 0.407 e. The van der Waals surface area contributed by atoms with Gasteiger partial charge in [0.15, 0.2) is 0 Å². The van der Waals surface area contributed by atoms with Gasteiger partial charge in [-0.25, -0.2) is 9.18 Å². The molecule has 3 N–H and O–H groups in total. The number of alkyl carbamates (subject to hydrolysis) is 1. The fraction of sp³-hybridized carbons (Fsp3) is 0.526. The predicted octanol–water partition coefficient (Wildman–Crippen LogP) is 2.52. The van der Waals surface area contributed by atoms with E-state index < -0.39 is 18.3 Å². The zero-order chi connectivity index (χ0) is 19.6. The second-order valence-corrected chi connectivity index (χ2v) is 6.54. The first-order chi connectivity index (χ1) is 13.0. The van der Waals surface area contributed by atoms with Gasteiger partial charge in [-0.15, -0.1) is 0 Å². The van der Waals surface area contributed by atoms with Gasteiger partial charge in [0.25, 0.3) is 0 Å². The lowest BCUT2D eigenvalue weighted by Gasteiger charge is -2.18. The summed E-state index contributed by atoms with van der Waals surface area (Å²) < 4.78 is 18.4. The monoisotopic (exact) mass is 376 g/mol. The quantitative estimate of drug-likeness (QED) is 0.535. The average molecular weight is 376 g/mol. The van der Waals surface area contributed by atoms with Crippen LogP contribution in [0.2, 0.25) is 0 Å². The number of nitrogens with one attached hydrogen (secondary N) is 1. The highest BCUT2D eigenvalue weighted by atomic mass is 19.1. The number of rotatable bonds is 8. The Morgan fingerprint density at radius 3 is 2.85 bits per heavy atom. The predicted molar refractivity (Wildman–Crippen MR) is 98.1 cm³/mol. The number of carbonyl (C=O) groups excluding carboxylic acids is 2. The first kappa shape index (κ1) is 20.5. The third kappa shape index (κ3) is 6.44. The summed E-state index contributed by atoms with van der Waals surface area (Å²) in [5, 5.41) is 11.6. The average Bonchev–Trinajstić information content (AvgIpc) is 3.04. The number of nitrogen functional groups attached to an aromatic ring is 1. The first-order valence-corrected chi connectivity index (χ1v) is 9.08. The molecule has 2 rings (SSSR count). The van der Waals surface area contributed by atoms with E-state index in [2.05, 4.69) is 5.32 Å². The normalized spacial score (nSPS) is 18.7. The summed E-state index contributed by atoms with van der Waals surface area (Å²) in [6.45, 7) is 0.559. The molecule has 0 aromatic heterocycles. The van der Waals surface area contributed by atoms with Crippen LogP contribution in [-0.4, -0.2) is 42.2 Å². The zero-order valence-corrected chi connectivity index (χ0v) is 15.2. The van der Waals surface area contributed by atoms with Crippen molar-refractivity contribution in [2.45, 2.75) is 50.9 Å². The van der Waals surface area contributed by atoms with Gasteiger partial charge in [0.2, 0.25) is 5.91 Å². The number of hydrogen-bond donors (Lipinski definition) is 2. The molecule has 1 saturated heterocycles. The van der Waals surface area contributed by atoms with Crippen LogP contribution < -0.4 is 11.1 Å². The van der Waals surface area contributed by atoms with Gasteiger partial charge in [-0.2, -0.15) is 5.26 Å². The van der Waals surface area contributed by atoms with Crippen molar-refractivity contribution in [2.75, 3.05) is 18.8 Å². The zero-order valence-electron chi connectivity index (χ0n) is 15.2. The van der Waals surface area contributed by atoms with E-state index in [-0.39, 0.29) is 31.9 Å². The fourth-order valence-electron chi connectivity index (χ4n) is 2.95. The minimum Gasteiger partial charge on any atom is -0.445 e. The molecule has 8 heteroatoms. The number of ether oxygens (including phenoxy) is 1. The number of nitriles is 1. The Kier molecular flexibility index (Phi) is 7.86. The van der Waals surface area contributed by atoms with Crippen LogP contribution in [-0.2, 0) is 16.1 Å². The van der Waals surface area contributed by atoms with E-state index in [4.69, 9.17) is 15.7 Å². The second kappa shape index (κ2) is 10.4. The van der Waals surface area contributed by atoms with Crippen LogP contribution in [0.4, 0.5) is 14.9 Å². The van der Waals surface area contributed by atoms with E-state index in [1.807, 2.05) is 18.2 Å². The molecule has 27 heavy (non-hydrogen) atoms. The van der Waals surface area contributed by atoms with Gasteiger partial charge in [0, 0.05) is 30.6 Å². The summed E-state index contributed by atoms with van der Waals surface area (Å²) in [7, 11) is 0. The summed E-state index contributed by atoms with van der Waals surface area (Å²) in [6, 6.07) is 8.49. The first-order valence-electron chi connectivity index (χ1n) is 9.08. The largest absolute Gasteiger partial charge is 0.445 e. The molecule has 2 amide bonds. The Hall–Kier alpha value is -2.82. The molecule has 0 unspecified atom stereocenters. The van der Waals surface area contributed by atoms with E-state index in [0.717, 1.165) is 12.0 Å². The van der Waals surface area contributed by atoms with Crippen molar-refractivity contribution in [1.82, 2.24) is 10.2 Å². The summed E-state index contributed by atoms with van der Waals surface area (Å²) in [5.41, 5.74) is 7.10. The molecule has 1 aliphatic rings. The molecule has 146 valence electrons. The molecule has 7 nitrogen and oxygen atoms in total. The van der Waals surface area contributed by atoms with Crippen molar-refractivity contribution in [1.29, 1.82) is 5.26 Å². The Bertz CT molecular complexity index is 692. The molecule has 2 atom stereocenters. The lowest BCUT2D eigenvalue weighted by molar-refractivity contribution is -0.131. The topological polar surface area (TPSA) is 108 Å². The van der Waals surface area contributed by atoms with Crippen LogP contribution in [0, 0.1) is 11.3 Å². The van der Waals surface area contributed by atoms with Gasteiger partial charge < -0.3 is 20.7 Å². The van der Waals surface area contributed by atoms with Crippen molar-refractivity contribution < 1.29 is 18.7 Å². The summed E-state index contributed by atoms with van der Waals surface area (Å²) >= 11 is 0. The lowest BCUT2D eigenvalue weighted by Crippen LogP contribution is -2.34. The Morgan fingerprint density at radius 1 is 1.33 bits per heavy atom. The number of halogens is 1. The number of anilines is 1. The van der Waals surface area contributed by atoms with Gasteiger partial charge in [-0.1, -0.05) is 24.6 Å². The van der Waals surface area contributed by atoms with E-state index in [1.54, 1.807) is 12.1 Å². The number of likely N-dealkylation sites (tertiary alicyclic amines) is 1. The number of amides is 2. The molecule has 1 heterocycles. The maximum atomic E-state index is 13.3. The van der Waals surface area contributed by atoms with E-state index >= 15 is 0 Å².